The van der Waals surface area contributed by atoms with Crippen LogP contribution >= 0.6 is 11.6 Å². The Hall–Kier alpha value is -4.77. The van der Waals surface area contributed by atoms with Crippen LogP contribution in [0.1, 0.15) is 17.5 Å². The van der Waals surface area contributed by atoms with Gasteiger partial charge < -0.3 is 35.1 Å². The van der Waals surface area contributed by atoms with Crippen LogP contribution in [0.3, 0.4) is 0 Å². The summed E-state index contributed by atoms with van der Waals surface area (Å²) in [6, 6.07) is 16.7. The Labute approximate surface area is 282 Å². The van der Waals surface area contributed by atoms with Crippen molar-refractivity contribution in [3.8, 4) is 17.6 Å². The number of carbonyl (C=O) groups excluding carboxylic acids is 1. The second-order valence-electron chi connectivity index (χ2n) is 11.0. The third-order valence-electron chi connectivity index (χ3n) is 7.48. The van der Waals surface area contributed by atoms with E-state index in [-0.39, 0.29) is 37.3 Å². The van der Waals surface area contributed by atoms with Crippen molar-refractivity contribution in [2.24, 2.45) is 0 Å². The summed E-state index contributed by atoms with van der Waals surface area (Å²) >= 11 is 6.54. The molecule has 0 unspecified atom stereocenters. The van der Waals surface area contributed by atoms with Crippen molar-refractivity contribution >= 4 is 45.5 Å². The van der Waals surface area contributed by atoms with Gasteiger partial charge in [-0.3, -0.25) is 14.7 Å². The molecule has 1 aliphatic heterocycles. The van der Waals surface area contributed by atoms with Crippen LogP contribution in [0.5, 0.6) is 11.5 Å². The maximum absolute atomic E-state index is 13.6. The number of anilines is 3. The lowest BCUT2D eigenvalue weighted by Crippen LogP contribution is -2.30. The number of pyridine rings is 1. The molecular formula is C35H35ClFN5O6. The summed E-state index contributed by atoms with van der Waals surface area (Å²) in [5, 5.41) is 35.5. The Morgan fingerprint density at radius 1 is 1.17 bits per heavy atom. The van der Waals surface area contributed by atoms with Crippen molar-refractivity contribution in [1.82, 2.24) is 9.88 Å². The molecule has 1 aliphatic rings. The molecule has 0 radical (unpaired) electrons. The minimum atomic E-state index is -0.422. The Morgan fingerprint density at radius 2 is 2.00 bits per heavy atom. The highest BCUT2D eigenvalue weighted by atomic mass is 35.5. The average molecular weight is 676 g/mol. The normalized spacial score (nSPS) is 14.4. The van der Waals surface area contributed by atoms with E-state index in [9.17, 15) is 24.7 Å². The van der Waals surface area contributed by atoms with Gasteiger partial charge in [-0.05, 0) is 42.0 Å². The van der Waals surface area contributed by atoms with Crippen LogP contribution in [0.15, 0.2) is 72.9 Å². The number of aliphatic hydroxyl groups is 2. The molecule has 1 aromatic heterocycles. The Balaban J connectivity index is 1.42. The number of aliphatic hydroxyl groups excluding tert-OH is 2. The lowest BCUT2D eigenvalue weighted by molar-refractivity contribution is -0.111. The summed E-state index contributed by atoms with van der Waals surface area (Å²) < 4.78 is 31.1. The van der Waals surface area contributed by atoms with Crippen molar-refractivity contribution in [2.75, 3.05) is 56.7 Å². The molecule has 4 aromatic rings. The van der Waals surface area contributed by atoms with Crippen LogP contribution in [-0.4, -0.2) is 78.2 Å². The van der Waals surface area contributed by atoms with Crippen LogP contribution in [0.25, 0.3) is 10.9 Å². The van der Waals surface area contributed by atoms with Gasteiger partial charge in [0, 0.05) is 55.5 Å². The van der Waals surface area contributed by atoms with Gasteiger partial charge >= 0.3 is 0 Å². The van der Waals surface area contributed by atoms with Crippen LogP contribution in [-0.2, 0) is 16.1 Å². The van der Waals surface area contributed by atoms with Gasteiger partial charge in [-0.25, -0.2) is 4.39 Å². The largest absolute Gasteiger partial charge is 0.487 e. The maximum Gasteiger partial charge on any atom is 0.248 e. The molecule has 250 valence electrons. The molecule has 0 bridgehead atoms. The number of halogens is 2. The number of hydrogen-bond acceptors (Lipinski definition) is 10. The quantitative estimate of drug-likeness (QED) is 0.124. The number of hydrogen-bond donors (Lipinski definition) is 4. The second-order valence-corrected chi connectivity index (χ2v) is 11.4. The van der Waals surface area contributed by atoms with Crippen molar-refractivity contribution in [3.63, 3.8) is 0 Å². The second kappa shape index (κ2) is 16.9. The number of fused-ring (bicyclic) bond motifs is 1. The molecule has 1 fully saturated rings. The molecule has 1 saturated heterocycles. The molecular weight excluding hydrogens is 641 g/mol. The molecule has 0 saturated carbocycles. The van der Waals surface area contributed by atoms with E-state index in [1.807, 2.05) is 0 Å². The zero-order valence-corrected chi connectivity index (χ0v) is 26.8. The first-order valence-corrected chi connectivity index (χ1v) is 15.7. The molecule has 3 aromatic carbocycles. The van der Waals surface area contributed by atoms with E-state index in [4.69, 9.17) is 25.8 Å². The molecule has 48 heavy (non-hydrogen) atoms. The van der Waals surface area contributed by atoms with E-state index in [0.717, 1.165) is 0 Å². The van der Waals surface area contributed by atoms with Gasteiger partial charge in [-0.15, -0.1) is 0 Å². The number of benzene rings is 3. The van der Waals surface area contributed by atoms with Gasteiger partial charge in [-0.1, -0.05) is 29.8 Å². The minimum Gasteiger partial charge on any atom is -0.487 e. The van der Waals surface area contributed by atoms with Gasteiger partial charge in [0.1, 0.15) is 36.1 Å². The lowest BCUT2D eigenvalue weighted by atomic mass is 10.1. The monoisotopic (exact) mass is 675 g/mol. The molecule has 1 atom stereocenters. The Morgan fingerprint density at radius 3 is 2.71 bits per heavy atom. The third-order valence-corrected chi connectivity index (χ3v) is 7.77. The van der Waals surface area contributed by atoms with E-state index in [1.54, 1.807) is 53.4 Å². The van der Waals surface area contributed by atoms with Crippen LogP contribution in [0.4, 0.5) is 21.5 Å². The Kier molecular flexibility index (Phi) is 12.1. The van der Waals surface area contributed by atoms with Gasteiger partial charge in [0.25, 0.3) is 0 Å². The fraction of sp³-hybridized carbons (Fsp3) is 0.286. The van der Waals surface area contributed by atoms with E-state index < -0.39 is 5.91 Å². The van der Waals surface area contributed by atoms with Crippen molar-refractivity contribution in [3.05, 3.63) is 94.9 Å². The smallest absolute Gasteiger partial charge is 0.248 e. The third kappa shape index (κ3) is 9.19. The fourth-order valence-corrected chi connectivity index (χ4v) is 5.34. The topological polar surface area (TPSA) is 149 Å². The van der Waals surface area contributed by atoms with E-state index >= 15 is 0 Å². The molecule has 0 aliphatic carbocycles. The number of rotatable bonds is 15. The summed E-state index contributed by atoms with van der Waals surface area (Å²) in [6.07, 6.45) is 4.95. The average Bonchev–Trinajstić information content (AvgIpc) is 3.58. The van der Waals surface area contributed by atoms with Crippen molar-refractivity contribution in [1.29, 1.82) is 5.26 Å². The zero-order chi connectivity index (χ0) is 33.9. The van der Waals surface area contributed by atoms with Gasteiger partial charge in [0.2, 0.25) is 5.91 Å². The highest BCUT2D eigenvalue weighted by Gasteiger charge is 2.21. The fourth-order valence-electron chi connectivity index (χ4n) is 5.11. The minimum absolute atomic E-state index is 0.0709. The lowest BCUT2D eigenvalue weighted by Gasteiger charge is -2.19. The van der Waals surface area contributed by atoms with Crippen molar-refractivity contribution in [2.45, 2.75) is 19.1 Å². The van der Waals surface area contributed by atoms with E-state index in [2.05, 4.69) is 21.7 Å². The van der Waals surface area contributed by atoms with Gasteiger partial charge in [-0.2, -0.15) is 5.26 Å². The summed E-state index contributed by atoms with van der Waals surface area (Å²) in [7, 11) is 0. The highest BCUT2D eigenvalue weighted by Crippen LogP contribution is 2.38. The number of nitriles is 1. The zero-order valence-electron chi connectivity index (χ0n) is 26.0. The van der Waals surface area contributed by atoms with Crippen LogP contribution < -0.4 is 20.1 Å². The number of nitrogens with one attached hydrogen (secondary N) is 2. The molecule has 5 rings (SSSR count). The molecule has 0 spiro atoms. The maximum atomic E-state index is 13.6. The molecule has 1 amide bonds. The Bertz CT molecular complexity index is 1800. The van der Waals surface area contributed by atoms with Crippen molar-refractivity contribution < 1.29 is 33.6 Å². The molecule has 13 heteroatoms. The summed E-state index contributed by atoms with van der Waals surface area (Å²) in [5.41, 5.74) is 2.80. The first-order chi connectivity index (χ1) is 23.4. The predicted molar refractivity (Wildman–Crippen MR) is 180 cm³/mol. The van der Waals surface area contributed by atoms with Gasteiger partial charge in [0.05, 0.1) is 53.9 Å². The standard InChI is InChI=1S/C35H35ClFN5O6/c36-29-16-26(6-7-32(29)47-21-23-3-1-4-25(37)15-23)40-35-24(19-38)20-39-30-18-33(48-27-8-14-46-22-27)31(17-28(30)35)41-34(45)5-2-9-42(10-12-43)11-13-44/h1-7,15-18,20,27,43-44H,8-14,21-22H2,(H,39,40)(H,41,45)/b5-2+/t27-/m0/s1. The number of nitrogens with zero attached hydrogens (tertiary/aromatic N) is 3. The number of aromatic nitrogens is 1. The first-order valence-electron chi connectivity index (χ1n) is 15.3. The first kappa shape index (κ1) is 34.6. The van der Waals surface area contributed by atoms with Crippen LogP contribution in [0, 0.1) is 17.1 Å². The number of ether oxygens (including phenoxy) is 3. The molecule has 2 heterocycles. The summed E-state index contributed by atoms with van der Waals surface area (Å²) in [5.74, 6) is 0.0188. The van der Waals surface area contributed by atoms with Gasteiger partial charge in [0.15, 0.2) is 0 Å². The summed E-state index contributed by atoms with van der Waals surface area (Å²) in [4.78, 5) is 19.3. The number of amides is 1. The van der Waals surface area contributed by atoms with Crippen LogP contribution in [0.2, 0.25) is 5.02 Å². The van der Waals surface area contributed by atoms with E-state index in [1.165, 1.54) is 24.4 Å². The number of carbonyl (C=O) groups is 1. The molecule has 11 nitrogen and oxygen atoms in total. The predicted octanol–water partition coefficient (Wildman–Crippen LogP) is 5.17. The highest BCUT2D eigenvalue weighted by molar-refractivity contribution is 6.32. The SMILES string of the molecule is N#Cc1cnc2cc(O[C@H]3CCOC3)c(NC(=O)/C=C/CN(CCO)CCO)cc2c1Nc1ccc(OCc2cccc(F)c2)c(Cl)c1. The summed E-state index contributed by atoms with van der Waals surface area (Å²) in [6.45, 7) is 2.04. The van der Waals surface area contributed by atoms with E-state index in [0.29, 0.717) is 89.3 Å². The molecule has 4 N–H and O–H groups in total.